The summed E-state index contributed by atoms with van der Waals surface area (Å²) in [6.07, 6.45) is 0. The number of morpholine rings is 1. The lowest BCUT2D eigenvalue weighted by atomic mass is 9.92. The number of para-hydroxylation sites is 1. The van der Waals surface area contributed by atoms with Crippen molar-refractivity contribution >= 4 is 29.4 Å². The van der Waals surface area contributed by atoms with E-state index in [1.807, 2.05) is 36.4 Å². The molecule has 1 aromatic carbocycles. The second-order valence-corrected chi connectivity index (χ2v) is 9.82. The molecule has 3 heterocycles. The van der Waals surface area contributed by atoms with Crippen molar-refractivity contribution in [2.75, 3.05) is 42.3 Å². The lowest BCUT2D eigenvalue weighted by molar-refractivity contribution is -0.113. The van der Waals surface area contributed by atoms with Gasteiger partial charge >= 0.3 is 0 Å². The van der Waals surface area contributed by atoms with Crippen LogP contribution in [0.3, 0.4) is 0 Å². The Morgan fingerprint density at radius 2 is 1.88 bits per heavy atom. The number of aromatic nitrogens is 5. The Hall–Kier alpha value is -2.85. The molecular weight excluding hydrogens is 438 g/mol. The van der Waals surface area contributed by atoms with Gasteiger partial charge in [-0.2, -0.15) is 5.10 Å². The van der Waals surface area contributed by atoms with Crippen LogP contribution in [0.4, 0.5) is 11.8 Å². The van der Waals surface area contributed by atoms with E-state index >= 15 is 0 Å². The number of ether oxygens (including phenoxy) is 1. The molecule has 0 atom stereocenters. The maximum absolute atomic E-state index is 12.9. The minimum Gasteiger partial charge on any atom is -0.378 e. The van der Waals surface area contributed by atoms with Crippen molar-refractivity contribution in [2.45, 2.75) is 44.8 Å². The molecule has 10 heteroatoms. The molecule has 1 saturated heterocycles. The number of amides is 1. The molecule has 4 rings (SSSR count). The Morgan fingerprint density at radius 1 is 1.15 bits per heavy atom. The zero-order valence-electron chi connectivity index (χ0n) is 19.6. The van der Waals surface area contributed by atoms with E-state index in [0.717, 1.165) is 42.1 Å². The van der Waals surface area contributed by atoms with E-state index in [9.17, 15) is 4.79 Å². The summed E-state index contributed by atoms with van der Waals surface area (Å²) in [7, 11) is 0. The molecule has 9 nitrogen and oxygen atoms in total. The molecule has 1 aliphatic heterocycles. The Kier molecular flexibility index (Phi) is 7.04. The highest BCUT2D eigenvalue weighted by atomic mass is 32.2. The van der Waals surface area contributed by atoms with Gasteiger partial charge in [0, 0.05) is 31.1 Å². The van der Waals surface area contributed by atoms with Gasteiger partial charge in [0.05, 0.1) is 30.3 Å². The van der Waals surface area contributed by atoms with Crippen molar-refractivity contribution in [3.8, 4) is 5.69 Å². The first-order valence-electron chi connectivity index (χ1n) is 11.2. The zero-order chi connectivity index (χ0) is 23.4. The molecule has 0 aliphatic carbocycles. The highest BCUT2D eigenvalue weighted by Gasteiger charge is 2.23. The topological polar surface area (TPSA) is 90.1 Å². The Balaban J connectivity index is 1.47. The van der Waals surface area contributed by atoms with Crippen LogP contribution in [0.15, 0.2) is 41.6 Å². The maximum atomic E-state index is 12.9. The second-order valence-electron chi connectivity index (χ2n) is 8.88. The molecule has 3 aromatic rings. The molecule has 1 N–H and O–H groups in total. The number of nitrogens with zero attached hydrogens (tertiary/aromatic N) is 6. The van der Waals surface area contributed by atoms with Crippen LogP contribution < -0.4 is 10.2 Å². The van der Waals surface area contributed by atoms with Gasteiger partial charge < -0.3 is 15.0 Å². The number of hydrogen-bond acceptors (Lipinski definition) is 7. The summed E-state index contributed by atoms with van der Waals surface area (Å²) in [6, 6.07) is 11.8. The van der Waals surface area contributed by atoms with E-state index in [4.69, 9.17) is 9.84 Å². The SMILES string of the molecule is CCn1c(SCC(=O)Nc2cc(C(C)(C)C)nn2-c2ccccc2)nnc1N1CCOCC1. The number of benzene rings is 1. The molecular formula is C23H31N7O2S. The molecule has 0 unspecified atom stereocenters. The summed E-state index contributed by atoms with van der Waals surface area (Å²) in [5, 5.41) is 17.2. The number of anilines is 2. The minimum absolute atomic E-state index is 0.115. The number of hydrogen-bond donors (Lipinski definition) is 1. The maximum Gasteiger partial charge on any atom is 0.236 e. The average Bonchev–Trinajstić information content (AvgIpc) is 3.43. The molecule has 0 saturated carbocycles. The molecule has 0 bridgehead atoms. The van der Waals surface area contributed by atoms with E-state index in [1.165, 1.54) is 11.8 Å². The fourth-order valence-corrected chi connectivity index (χ4v) is 4.37. The normalized spacial score (nSPS) is 14.5. The van der Waals surface area contributed by atoms with Gasteiger partial charge in [0.25, 0.3) is 0 Å². The highest BCUT2D eigenvalue weighted by molar-refractivity contribution is 7.99. The van der Waals surface area contributed by atoms with E-state index in [2.05, 4.69) is 52.7 Å². The fraction of sp³-hybridized carbons (Fsp3) is 0.478. The molecule has 1 amide bonds. The first-order valence-corrected chi connectivity index (χ1v) is 12.2. The van der Waals surface area contributed by atoms with Gasteiger partial charge in [-0.25, -0.2) is 4.68 Å². The number of carbonyl (C=O) groups is 1. The van der Waals surface area contributed by atoms with E-state index in [0.29, 0.717) is 19.0 Å². The van der Waals surface area contributed by atoms with E-state index < -0.39 is 0 Å². The third-order valence-electron chi connectivity index (χ3n) is 5.39. The summed E-state index contributed by atoms with van der Waals surface area (Å²) < 4.78 is 9.27. The van der Waals surface area contributed by atoms with Crippen molar-refractivity contribution < 1.29 is 9.53 Å². The van der Waals surface area contributed by atoms with E-state index in [-0.39, 0.29) is 17.1 Å². The van der Waals surface area contributed by atoms with Crippen molar-refractivity contribution in [3.05, 3.63) is 42.1 Å². The monoisotopic (exact) mass is 469 g/mol. The quantitative estimate of drug-likeness (QED) is 0.531. The second kappa shape index (κ2) is 9.96. The molecule has 0 radical (unpaired) electrons. The summed E-state index contributed by atoms with van der Waals surface area (Å²) in [5.74, 6) is 1.60. The van der Waals surface area contributed by atoms with Crippen LogP contribution in [0.5, 0.6) is 0 Å². The first-order chi connectivity index (χ1) is 15.9. The number of nitrogens with one attached hydrogen (secondary N) is 1. The summed E-state index contributed by atoms with van der Waals surface area (Å²) in [4.78, 5) is 15.1. The predicted molar refractivity (Wildman–Crippen MR) is 130 cm³/mol. The minimum atomic E-state index is -0.137. The van der Waals surface area contributed by atoms with Crippen LogP contribution in [0.25, 0.3) is 5.69 Å². The standard InChI is InChI=1S/C23H31N7O2S/c1-5-29-21(28-11-13-32-14-12-28)25-26-22(29)33-16-20(31)24-19-15-18(23(2,3)4)27-30(19)17-9-7-6-8-10-17/h6-10,15H,5,11-14,16H2,1-4H3,(H,24,31). The predicted octanol–water partition coefficient (Wildman–Crippen LogP) is 3.35. The Bertz CT molecular complexity index is 1080. The van der Waals surface area contributed by atoms with Gasteiger partial charge in [0.2, 0.25) is 11.9 Å². The average molecular weight is 470 g/mol. The lowest BCUT2D eigenvalue weighted by Crippen LogP contribution is -2.38. The number of thioether (sulfide) groups is 1. The van der Waals surface area contributed by atoms with Crippen LogP contribution >= 0.6 is 11.8 Å². The lowest BCUT2D eigenvalue weighted by Gasteiger charge is -2.27. The molecule has 2 aromatic heterocycles. The fourth-order valence-electron chi connectivity index (χ4n) is 3.57. The molecule has 176 valence electrons. The summed E-state index contributed by atoms with van der Waals surface area (Å²) in [6.45, 7) is 12.1. The van der Waals surface area contributed by atoms with Gasteiger partial charge in [-0.05, 0) is 19.1 Å². The zero-order valence-corrected chi connectivity index (χ0v) is 20.4. The Morgan fingerprint density at radius 3 is 2.55 bits per heavy atom. The summed E-state index contributed by atoms with van der Waals surface area (Å²) >= 11 is 1.39. The van der Waals surface area contributed by atoms with Gasteiger partial charge in [-0.3, -0.25) is 9.36 Å². The van der Waals surface area contributed by atoms with Crippen molar-refractivity contribution in [1.82, 2.24) is 24.5 Å². The van der Waals surface area contributed by atoms with Gasteiger partial charge in [-0.1, -0.05) is 50.7 Å². The molecule has 33 heavy (non-hydrogen) atoms. The van der Waals surface area contributed by atoms with Crippen molar-refractivity contribution in [2.24, 2.45) is 0 Å². The first kappa shape index (κ1) is 23.3. The van der Waals surface area contributed by atoms with E-state index in [1.54, 1.807) is 4.68 Å². The van der Waals surface area contributed by atoms with Crippen LogP contribution in [0.2, 0.25) is 0 Å². The van der Waals surface area contributed by atoms with Gasteiger partial charge in [0.1, 0.15) is 5.82 Å². The van der Waals surface area contributed by atoms with Gasteiger partial charge in [-0.15, -0.1) is 10.2 Å². The largest absolute Gasteiger partial charge is 0.378 e. The highest BCUT2D eigenvalue weighted by Crippen LogP contribution is 2.27. The van der Waals surface area contributed by atoms with Crippen LogP contribution in [-0.2, 0) is 21.5 Å². The van der Waals surface area contributed by atoms with Crippen molar-refractivity contribution in [3.63, 3.8) is 0 Å². The third kappa shape index (κ3) is 5.39. The number of rotatable bonds is 7. The molecule has 0 spiro atoms. The van der Waals surface area contributed by atoms with Crippen LogP contribution in [0.1, 0.15) is 33.4 Å². The van der Waals surface area contributed by atoms with Crippen molar-refractivity contribution in [1.29, 1.82) is 0 Å². The molecule has 1 fully saturated rings. The number of carbonyl (C=O) groups excluding carboxylic acids is 1. The Labute approximate surface area is 198 Å². The third-order valence-corrected chi connectivity index (χ3v) is 6.35. The van der Waals surface area contributed by atoms with Crippen LogP contribution in [-0.4, -0.2) is 62.5 Å². The smallest absolute Gasteiger partial charge is 0.236 e. The molecule has 1 aliphatic rings. The van der Waals surface area contributed by atoms with Crippen LogP contribution in [0, 0.1) is 0 Å². The van der Waals surface area contributed by atoms with Gasteiger partial charge in [0.15, 0.2) is 5.16 Å². The summed E-state index contributed by atoms with van der Waals surface area (Å²) in [5.41, 5.74) is 1.67.